The van der Waals surface area contributed by atoms with Gasteiger partial charge in [-0.05, 0) is 18.2 Å². The molecule has 1 rings (SSSR count). The fourth-order valence-corrected chi connectivity index (χ4v) is 1.44. The number of rotatable bonds is 5. The average molecular weight is 311 g/mol. The van der Waals surface area contributed by atoms with Crippen LogP contribution in [0, 0.1) is 5.82 Å². The van der Waals surface area contributed by atoms with Crippen LogP contribution in [0.4, 0.5) is 10.1 Å². The molecule has 0 radical (unpaired) electrons. The molecular formula is C14H14FNO6. The second-order valence-corrected chi connectivity index (χ2v) is 3.88. The van der Waals surface area contributed by atoms with Crippen LogP contribution in [0.15, 0.2) is 30.0 Å². The van der Waals surface area contributed by atoms with Crippen LogP contribution in [-0.2, 0) is 23.8 Å². The summed E-state index contributed by atoms with van der Waals surface area (Å²) in [7, 11) is 3.40. The summed E-state index contributed by atoms with van der Waals surface area (Å²) >= 11 is 0. The zero-order chi connectivity index (χ0) is 16.7. The van der Waals surface area contributed by atoms with Crippen molar-refractivity contribution in [3.63, 3.8) is 0 Å². The first kappa shape index (κ1) is 17.2. The van der Waals surface area contributed by atoms with E-state index < -0.39 is 23.7 Å². The Labute approximate surface area is 125 Å². The molecule has 1 aromatic carbocycles. The largest absolute Gasteiger partial charge is 0.466 e. The van der Waals surface area contributed by atoms with Crippen molar-refractivity contribution in [2.45, 2.75) is 0 Å². The van der Waals surface area contributed by atoms with E-state index in [0.717, 1.165) is 26.4 Å². The third-order valence-electron chi connectivity index (χ3n) is 2.53. The van der Waals surface area contributed by atoms with Crippen molar-refractivity contribution in [1.29, 1.82) is 0 Å². The predicted octanol–water partition coefficient (Wildman–Crippen LogP) is 1.25. The van der Waals surface area contributed by atoms with Gasteiger partial charge in [-0.25, -0.2) is 18.8 Å². The summed E-state index contributed by atoms with van der Waals surface area (Å²) in [6, 6.07) is 3.45. The Balaban J connectivity index is 3.09. The molecule has 7 nitrogen and oxygen atoms in total. The van der Waals surface area contributed by atoms with E-state index in [4.69, 9.17) is 0 Å². The van der Waals surface area contributed by atoms with Crippen LogP contribution in [0.1, 0.15) is 10.4 Å². The lowest BCUT2D eigenvalue weighted by Crippen LogP contribution is -2.16. The van der Waals surface area contributed by atoms with E-state index in [0.29, 0.717) is 0 Å². The predicted molar refractivity (Wildman–Crippen MR) is 73.5 cm³/mol. The standard InChI is InChI=1S/C14H14FNO6/c1-20-12(17)7-11(14(19)22-3)16-10-5-4-8(6-9(10)15)13(18)21-2/h4-7,16H,1-3H3/b11-7+. The van der Waals surface area contributed by atoms with E-state index in [9.17, 15) is 18.8 Å². The normalized spacial score (nSPS) is 10.6. The number of hydrogen-bond donors (Lipinski definition) is 1. The van der Waals surface area contributed by atoms with Crippen LogP contribution >= 0.6 is 0 Å². The molecule has 0 aliphatic heterocycles. The Bertz CT molecular complexity index is 626. The van der Waals surface area contributed by atoms with Crippen molar-refractivity contribution in [3.8, 4) is 0 Å². The van der Waals surface area contributed by atoms with Gasteiger partial charge in [0.2, 0.25) is 0 Å². The fraction of sp³-hybridized carbons (Fsp3) is 0.214. The highest BCUT2D eigenvalue weighted by Crippen LogP contribution is 2.18. The van der Waals surface area contributed by atoms with Gasteiger partial charge in [0.25, 0.3) is 0 Å². The topological polar surface area (TPSA) is 90.9 Å². The summed E-state index contributed by atoms with van der Waals surface area (Å²) in [4.78, 5) is 34.0. The Kier molecular flexibility index (Phi) is 6.06. The van der Waals surface area contributed by atoms with Crippen molar-refractivity contribution in [2.24, 2.45) is 0 Å². The van der Waals surface area contributed by atoms with Crippen molar-refractivity contribution in [3.05, 3.63) is 41.4 Å². The molecule has 0 saturated carbocycles. The van der Waals surface area contributed by atoms with E-state index in [1.807, 2.05) is 0 Å². The molecule has 1 aromatic rings. The van der Waals surface area contributed by atoms with Crippen LogP contribution in [0.2, 0.25) is 0 Å². The van der Waals surface area contributed by atoms with E-state index >= 15 is 0 Å². The maximum atomic E-state index is 13.9. The van der Waals surface area contributed by atoms with Gasteiger partial charge in [0.15, 0.2) is 0 Å². The molecule has 0 aromatic heterocycles. The van der Waals surface area contributed by atoms with Crippen molar-refractivity contribution in [1.82, 2.24) is 0 Å². The molecule has 0 aliphatic carbocycles. The minimum atomic E-state index is -0.887. The minimum Gasteiger partial charge on any atom is -0.466 e. The number of hydrogen-bond acceptors (Lipinski definition) is 7. The van der Waals surface area contributed by atoms with Crippen molar-refractivity contribution in [2.75, 3.05) is 26.6 Å². The molecule has 0 saturated heterocycles. The lowest BCUT2D eigenvalue weighted by molar-refractivity contribution is -0.138. The molecule has 22 heavy (non-hydrogen) atoms. The average Bonchev–Trinajstić information content (AvgIpc) is 2.53. The molecule has 1 N–H and O–H groups in total. The molecule has 0 atom stereocenters. The van der Waals surface area contributed by atoms with Crippen LogP contribution < -0.4 is 5.32 Å². The van der Waals surface area contributed by atoms with Gasteiger partial charge in [-0.2, -0.15) is 0 Å². The number of carbonyl (C=O) groups excluding carboxylic acids is 3. The maximum Gasteiger partial charge on any atom is 0.354 e. The summed E-state index contributed by atoms with van der Waals surface area (Å²) in [5.41, 5.74) is -0.450. The monoisotopic (exact) mass is 311 g/mol. The molecule has 118 valence electrons. The number of esters is 3. The molecule has 8 heteroatoms. The minimum absolute atomic E-state index is 0.00196. The smallest absolute Gasteiger partial charge is 0.354 e. The number of benzene rings is 1. The van der Waals surface area contributed by atoms with Gasteiger partial charge < -0.3 is 19.5 Å². The Hall–Kier alpha value is -2.90. The van der Waals surface area contributed by atoms with Crippen LogP contribution in [-0.4, -0.2) is 39.2 Å². The van der Waals surface area contributed by atoms with E-state index in [-0.39, 0.29) is 16.9 Å². The highest BCUT2D eigenvalue weighted by Gasteiger charge is 2.16. The zero-order valence-corrected chi connectivity index (χ0v) is 12.1. The maximum absolute atomic E-state index is 13.9. The SMILES string of the molecule is COC(=O)/C=C(/Nc1ccc(C(=O)OC)cc1F)C(=O)OC. The van der Waals surface area contributed by atoms with Crippen molar-refractivity contribution < 1.29 is 33.0 Å². The lowest BCUT2D eigenvalue weighted by atomic mass is 10.2. The summed E-state index contributed by atoms with van der Waals surface area (Å²) in [5, 5.41) is 2.41. The second-order valence-electron chi connectivity index (χ2n) is 3.88. The number of halogens is 1. The second kappa shape index (κ2) is 7.77. The zero-order valence-electron chi connectivity index (χ0n) is 12.1. The Morgan fingerprint density at radius 3 is 2.27 bits per heavy atom. The van der Waals surface area contributed by atoms with Crippen LogP contribution in [0.5, 0.6) is 0 Å². The third-order valence-corrected chi connectivity index (χ3v) is 2.53. The Morgan fingerprint density at radius 2 is 1.77 bits per heavy atom. The summed E-state index contributed by atoms with van der Waals surface area (Å²) < 4.78 is 27.3. The molecule has 0 bridgehead atoms. The number of nitrogens with one attached hydrogen (secondary N) is 1. The van der Waals surface area contributed by atoms with Gasteiger partial charge in [0.1, 0.15) is 11.5 Å². The highest BCUT2D eigenvalue weighted by atomic mass is 19.1. The lowest BCUT2D eigenvalue weighted by Gasteiger charge is -2.10. The summed E-state index contributed by atoms with van der Waals surface area (Å²) in [5.74, 6) is -3.23. The number of anilines is 1. The van der Waals surface area contributed by atoms with Gasteiger partial charge in [0.05, 0.1) is 38.7 Å². The molecule has 0 amide bonds. The molecular weight excluding hydrogens is 297 g/mol. The van der Waals surface area contributed by atoms with Crippen LogP contribution in [0.25, 0.3) is 0 Å². The van der Waals surface area contributed by atoms with Gasteiger partial charge in [-0.1, -0.05) is 0 Å². The van der Waals surface area contributed by atoms with E-state index in [1.54, 1.807) is 0 Å². The first-order chi connectivity index (χ1) is 10.4. The molecule has 0 heterocycles. The van der Waals surface area contributed by atoms with Crippen LogP contribution in [0.3, 0.4) is 0 Å². The number of methoxy groups -OCH3 is 3. The van der Waals surface area contributed by atoms with E-state index in [2.05, 4.69) is 19.5 Å². The van der Waals surface area contributed by atoms with Gasteiger partial charge in [0, 0.05) is 0 Å². The van der Waals surface area contributed by atoms with Gasteiger partial charge in [-0.15, -0.1) is 0 Å². The number of ether oxygens (including phenoxy) is 3. The first-order valence-electron chi connectivity index (χ1n) is 5.95. The molecule has 0 spiro atoms. The number of carbonyl (C=O) groups is 3. The summed E-state index contributed by atoms with van der Waals surface area (Å²) in [6.45, 7) is 0. The third kappa shape index (κ3) is 4.30. The highest BCUT2D eigenvalue weighted by molar-refractivity contribution is 5.99. The molecule has 0 aliphatic rings. The first-order valence-corrected chi connectivity index (χ1v) is 5.95. The van der Waals surface area contributed by atoms with Gasteiger partial charge in [-0.3, -0.25) is 0 Å². The Morgan fingerprint density at radius 1 is 1.09 bits per heavy atom. The van der Waals surface area contributed by atoms with Gasteiger partial charge >= 0.3 is 17.9 Å². The quantitative estimate of drug-likeness (QED) is 0.497. The fourth-order valence-electron chi connectivity index (χ4n) is 1.44. The summed E-state index contributed by atoms with van der Waals surface area (Å²) in [6.07, 6.45) is 0.819. The molecule has 0 fully saturated rings. The van der Waals surface area contributed by atoms with E-state index in [1.165, 1.54) is 19.2 Å². The molecule has 0 unspecified atom stereocenters. The van der Waals surface area contributed by atoms with Crippen molar-refractivity contribution >= 4 is 23.6 Å².